The van der Waals surface area contributed by atoms with Crippen molar-refractivity contribution in [3.63, 3.8) is 0 Å². The first-order valence-corrected chi connectivity index (χ1v) is 9.35. The number of hydrogen-bond acceptors (Lipinski definition) is 4. The summed E-state index contributed by atoms with van der Waals surface area (Å²) in [5, 5.41) is 15.6. The highest BCUT2D eigenvalue weighted by Crippen LogP contribution is 2.27. The molecule has 28 heavy (non-hydrogen) atoms. The number of furan rings is 1. The minimum atomic E-state index is -0.341. The van der Waals surface area contributed by atoms with Crippen LogP contribution in [0.4, 0.5) is 5.69 Å². The van der Waals surface area contributed by atoms with Crippen molar-refractivity contribution in [2.45, 2.75) is 20.5 Å². The summed E-state index contributed by atoms with van der Waals surface area (Å²) in [6.45, 7) is 3.64. The van der Waals surface area contributed by atoms with E-state index in [2.05, 4.69) is 10.6 Å². The predicted octanol–water partition coefficient (Wildman–Crippen LogP) is 4.84. The molecular formula is C21H19ClN2O3S. The molecule has 0 saturated carbocycles. The third kappa shape index (κ3) is 4.59. The molecule has 5 nitrogen and oxygen atoms in total. The van der Waals surface area contributed by atoms with Crippen molar-refractivity contribution in [1.82, 2.24) is 5.32 Å². The van der Waals surface area contributed by atoms with Crippen LogP contribution in [0.3, 0.4) is 0 Å². The number of rotatable bonds is 4. The van der Waals surface area contributed by atoms with Gasteiger partial charge in [-0.05, 0) is 67.5 Å². The van der Waals surface area contributed by atoms with Crippen LogP contribution in [0.2, 0.25) is 5.02 Å². The highest BCUT2D eigenvalue weighted by atomic mass is 35.5. The number of aliphatic hydroxyl groups excluding tert-OH is 1. The second-order valence-electron chi connectivity index (χ2n) is 6.33. The molecule has 144 valence electrons. The van der Waals surface area contributed by atoms with Crippen LogP contribution in [0.1, 0.15) is 27.2 Å². The van der Waals surface area contributed by atoms with Gasteiger partial charge in [-0.25, -0.2) is 0 Å². The maximum atomic E-state index is 12.4. The van der Waals surface area contributed by atoms with E-state index in [0.29, 0.717) is 22.1 Å². The Morgan fingerprint density at radius 3 is 2.54 bits per heavy atom. The molecule has 0 bridgehead atoms. The second-order valence-corrected chi connectivity index (χ2v) is 7.14. The molecule has 3 rings (SSSR count). The summed E-state index contributed by atoms with van der Waals surface area (Å²) in [5.41, 5.74) is 3.84. The number of halogens is 1. The Hall–Kier alpha value is -2.67. The molecule has 0 aliphatic carbocycles. The molecular weight excluding hydrogens is 396 g/mol. The van der Waals surface area contributed by atoms with Crippen LogP contribution in [-0.4, -0.2) is 16.1 Å². The Morgan fingerprint density at radius 1 is 1.11 bits per heavy atom. The van der Waals surface area contributed by atoms with Gasteiger partial charge in [-0.2, -0.15) is 0 Å². The molecule has 1 heterocycles. The Balaban J connectivity index is 1.73. The number of aryl methyl sites for hydroxylation is 2. The SMILES string of the molecule is Cc1ccc(C(=O)NC(=S)Nc2cc(-c3ccc(CO)o3)ccc2C)cc1Cl. The molecule has 3 aromatic rings. The zero-order valence-corrected chi connectivity index (χ0v) is 16.9. The average Bonchev–Trinajstić information content (AvgIpc) is 3.15. The number of benzene rings is 2. The van der Waals surface area contributed by atoms with Crippen molar-refractivity contribution >= 4 is 40.5 Å². The quantitative estimate of drug-likeness (QED) is 0.533. The highest BCUT2D eigenvalue weighted by Gasteiger charge is 2.12. The molecule has 0 atom stereocenters. The molecule has 0 unspecified atom stereocenters. The van der Waals surface area contributed by atoms with Gasteiger partial charge in [-0.15, -0.1) is 0 Å². The Morgan fingerprint density at radius 2 is 1.86 bits per heavy atom. The summed E-state index contributed by atoms with van der Waals surface area (Å²) in [6, 6.07) is 14.3. The van der Waals surface area contributed by atoms with E-state index in [0.717, 1.165) is 22.4 Å². The molecule has 0 spiro atoms. The van der Waals surface area contributed by atoms with Crippen LogP contribution in [-0.2, 0) is 6.61 Å². The van der Waals surface area contributed by atoms with E-state index in [-0.39, 0.29) is 17.6 Å². The Bertz CT molecular complexity index is 1050. The van der Waals surface area contributed by atoms with Crippen molar-refractivity contribution in [2.75, 3.05) is 5.32 Å². The van der Waals surface area contributed by atoms with Crippen LogP contribution in [0.15, 0.2) is 52.9 Å². The maximum Gasteiger partial charge on any atom is 0.257 e. The van der Waals surface area contributed by atoms with E-state index < -0.39 is 0 Å². The lowest BCUT2D eigenvalue weighted by Gasteiger charge is -2.13. The first-order chi connectivity index (χ1) is 13.4. The van der Waals surface area contributed by atoms with Crippen LogP contribution in [0, 0.1) is 13.8 Å². The Kier molecular flexibility index (Phi) is 6.14. The number of carbonyl (C=O) groups excluding carboxylic acids is 1. The van der Waals surface area contributed by atoms with Crippen molar-refractivity contribution in [3.8, 4) is 11.3 Å². The van der Waals surface area contributed by atoms with E-state index in [9.17, 15) is 4.79 Å². The normalized spacial score (nSPS) is 10.6. The number of aliphatic hydroxyl groups is 1. The van der Waals surface area contributed by atoms with E-state index in [4.69, 9.17) is 33.3 Å². The number of thiocarbonyl (C=S) groups is 1. The summed E-state index contributed by atoms with van der Waals surface area (Å²) >= 11 is 11.4. The van der Waals surface area contributed by atoms with Crippen molar-refractivity contribution in [3.05, 3.63) is 76.0 Å². The van der Waals surface area contributed by atoms with Gasteiger partial charge in [-0.3, -0.25) is 10.1 Å². The summed E-state index contributed by atoms with van der Waals surface area (Å²) in [5.74, 6) is 0.785. The fourth-order valence-electron chi connectivity index (χ4n) is 2.59. The molecule has 0 aliphatic heterocycles. The number of carbonyl (C=O) groups is 1. The van der Waals surface area contributed by atoms with E-state index in [1.54, 1.807) is 30.3 Å². The first kappa shape index (κ1) is 20.1. The van der Waals surface area contributed by atoms with Gasteiger partial charge in [0.2, 0.25) is 0 Å². The molecule has 7 heteroatoms. The van der Waals surface area contributed by atoms with Crippen molar-refractivity contribution in [2.24, 2.45) is 0 Å². The third-order valence-electron chi connectivity index (χ3n) is 4.25. The lowest BCUT2D eigenvalue weighted by Crippen LogP contribution is -2.34. The van der Waals surface area contributed by atoms with E-state index >= 15 is 0 Å². The number of hydrogen-bond donors (Lipinski definition) is 3. The molecule has 1 amide bonds. The summed E-state index contributed by atoms with van der Waals surface area (Å²) in [7, 11) is 0. The largest absolute Gasteiger partial charge is 0.459 e. The molecule has 3 N–H and O–H groups in total. The highest BCUT2D eigenvalue weighted by molar-refractivity contribution is 7.80. The second kappa shape index (κ2) is 8.56. The first-order valence-electron chi connectivity index (χ1n) is 8.56. The molecule has 2 aromatic carbocycles. The summed E-state index contributed by atoms with van der Waals surface area (Å²) in [4.78, 5) is 12.4. The van der Waals surface area contributed by atoms with E-state index in [1.807, 2.05) is 32.0 Å². The van der Waals surface area contributed by atoms with Crippen LogP contribution < -0.4 is 10.6 Å². The lowest BCUT2D eigenvalue weighted by molar-refractivity contribution is 0.0977. The Labute approximate surface area is 173 Å². The minimum absolute atomic E-state index is 0.157. The molecule has 0 fully saturated rings. The summed E-state index contributed by atoms with van der Waals surface area (Å²) < 4.78 is 5.57. The van der Waals surface area contributed by atoms with Gasteiger partial charge in [0, 0.05) is 21.8 Å². The van der Waals surface area contributed by atoms with Gasteiger partial charge in [-0.1, -0.05) is 29.8 Å². The predicted molar refractivity (Wildman–Crippen MR) is 115 cm³/mol. The average molecular weight is 415 g/mol. The number of amides is 1. The third-order valence-corrected chi connectivity index (χ3v) is 4.86. The molecule has 1 aromatic heterocycles. The van der Waals surface area contributed by atoms with Gasteiger partial charge < -0.3 is 14.8 Å². The lowest BCUT2D eigenvalue weighted by atomic mass is 10.1. The van der Waals surface area contributed by atoms with Crippen molar-refractivity contribution in [1.29, 1.82) is 0 Å². The van der Waals surface area contributed by atoms with Crippen LogP contribution >= 0.6 is 23.8 Å². The van der Waals surface area contributed by atoms with E-state index in [1.165, 1.54) is 0 Å². The fourth-order valence-corrected chi connectivity index (χ4v) is 2.97. The van der Waals surface area contributed by atoms with Gasteiger partial charge in [0.25, 0.3) is 5.91 Å². The fraction of sp³-hybridized carbons (Fsp3) is 0.143. The molecule has 0 aliphatic rings. The minimum Gasteiger partial charge on any atom is -0.459 e. The van der Waals surface area contributed by atoms with Crippen LogP contribution in [0.5, 0.6) is 0 Å². The molecule has 0 radical (unpaired) electrons. The number of nitrogens with one attached hydrogen (secondary N) is 2. The summed E-state index contributed by atoms with van der Waals surface area (Å²) in [6.07, 6.45) is 0. The zero-order chi connectivity index (χ0) is 20.3. The number of anilines is 1. The smallest absolute Gasteiger partial charge is 0.257 e. The van der Waals surface area contributed by atoms with Gasteiger partial charge in [0.15, 0.2) is 5.11 Å². The topological polar surface area (TPSA) is 74.5 Å². The van der Waals surface area contributed by atoms with Gasteiger partial charge in [0.05, 0.1) is 0 Å². The maximum absolute atomic E-state index is 12.4. The van der Waals surface area contributed by atoms with Crippen LogP contribution in [0.25, 0.3) is 11.3 Å². The zero-order valence-electron chi connectivity index (χ0n) is 15.4. The van der Waals surface area contributed by atoms with Gasteiger partial charge in [0.1, 0.15) is 18.1 Å². The molecule has 0 saturated heterocycles. The van der Waals surface area contributed by atoms with Gasteiger partial charge >= 0.3 is 0 Å². The van der Waals surface area contributed by atoms with Crippen molar-refractivity contribution < 1.29 is 14.3 Å². The monoisotopic (exact) mass is 414 g/mol. The standard InChI is InChI=1S/C21H19ClN2O3S/c1-12-3-6-15(9-17(12)22)20(26)24-21(28)23-18-10-14(5-4-13(18)2)19-8-7-16(11-25)27-19/h3-10,25H,11H2,1-2H3,(H2,23,24,26,28).